The van der Waals surface area contributed by atoms with Crippen LogP contribution in [0.4, 0.5) is 5.82 Å². The SMILES string of the molecule is Nc1nc[n+](CCc2ccc(O)cc2)c2nc(Sc3cc4c(cc3Br)OCO4)[nH]c12. The summed E-state index contributed by atoms with van der Waals surface area (Å²) in [5.41, 5.74) is 8.63. The van der Waals surface area contributed by atoms with Gasteiger partial charge in [-0.05, 0) is 57.5 Å². The van der Waals surface area contributed by atoms with Crippen LogP contribution in [0.25, 0.3) is 11.2 Å². The van der Waals surface area contributed by atoms with Gasteiger partial charge in [-0.15, -0.1) is 0 Å². The minimum absolute atomic E-state index is 0.226. The van der Waals surface area contributed by atoms with Gasteiger partial charge in [0.25, 0.3) is 5.65 Å². The molecule has 30 heavy (non-hydrogen) atoms. The molecule has 0 atom stereocenters. The number of nitrogens with one attached hydrogen (secondary N) is 1. The number of rotatable bonds is 5. The topological polar surface area (TPSA) is 110 Å². The molecule has 0 amide bonds. The molecule has 0 bridgehead atoms. The number of H-pyrrole nitrogens is 1. The lowest BCUT2D eigenvalue weighted by atomic mass is 10.1. The van der Waals surface area contributed by atoms with E-state index in [1.807, 2.05) is 28.8 Å². The average Bonchev–Trinajstić information content (AvgIpc) is 3.36. The highest BCUT2D eigenvalue weighted by Crippen LogP contribution is 2.42. The number of aromatic hydroxyl groups is 1. The zero-order valence-electron chi connectivity index (χ0n) is 15.6. The number of aromatic amines is 1. The van der Waals surface area contributed by atoms with Crippen molar-refractivity contribution in [3.05, 3.63) is 52.8 Å². The maximum Gasteiger partial charge on any atom is 0.294 e. The highest BCUT2D eigenvalue weighted by Gasteiger charge is 2.22. The highest BCUT2D eigenvalue weighted by molar-refractivity contribution is 9.10. The van der Waals surface area contributed by atoms with Gasteiger partial charge < -0.3 is 25.3 Å². The largest absolute Gasteiger partial charge is 0.508 e. The molecule has 0 saturated carbocycles. The first-order chi connectivity index (χ1) is 14.6. The number of halogens is 1. The van der Waals surface area contributed by atoms with Crippen molar-refractivity contribution in [2.45, 2.75) is 23.0 Å². The van der Waals surface area contributed by atoms with Gasteiger partial charge in [0.1, 0.15) is 5.75 Å². The van der Waals surface area contributed by atoms with E-state index in [4.69, 9.17) is 20.2 Å². The Balaban J connectivity index is 1.43. The number of nitrogens with two attached hydrogens (primary N) is 1. The molecule has 152 valence electrons. The number of phenolic OH excluding ortho intramolecular Hbond substituents is 1. The van der Waals surface area contributed by atoms with Crippen LogP contribution in [0.3, 0.4) is 0 Å². The van der Waals surface area contributed by atoms with Crippen LogP contribution in [0.15, 0.2) is 57.3 Å². The number of hydrogen-bond donors (Lipinski definition) is 3. The van der Waals surface area contributed by atoms with Gasteiger partial charge in [0, 0.05) is 15.8 Å². The molecule has 1 aliphatic rings. The van der Waals surface area contributed by atoms with E-state index in [0.717, 1.165) is 32.7 Å². The molecule has 0 saturated heterocycles. The fourth-order valence-electron chi connectivity index (χ4n) is 3.19. The maximum atomic E-state index is 9.45. The van der Waals surface area contributed by atoms with Crippen LogP contribution in [-0.2, 0) is 13.0 Å². The van der Waals surface area contributed by atoms with E-state index in [-0.39, 0.29) is 12.5 Å². The fraction of sp³-hybridized carbons (Fsp3) is 0.150. The van der Waals surface area contributed by atoms with E-state index in [2.05, 4.69) is 25.9 Å². The summed E-state index contributed by atoms with van der Waals surface area (Å²) in [6.07, 6.45) is 2.47. The first-order valence-electron chi connectivity index (χ1n) is 9.15. The molecule has 5 rings (SSSR count). The number of phenols is 1. The molecule has 0 aliphatic carbocycles. The standard InChI is InChI=1S/C20H16BrN5O3S/c21-13-7-14-15(29-10-28-14)8-16(13)30-20-24-17-18(22)23-9-26(19(17)25-20)6-5-11-1-3-12(27)4-2-11/h1-4,7-9H,5-6,10H2,(H3,22,24,25,27)/p+1. The summed E-state index contributed by atoms with van der Waals surface area (Å²) in [6.45, 7) is 0.904. The summed E-state index contributed by atoms with van der Waals surface area (Å²) in [7, 11) is 0. The van der Waals surface area contributed by atoms with Gasteiger partial charge in [-0.3, -0.25) is 0 Å². The predicted molar refractivity (Wildman–Crippen MR) is 115 cm³/mol. The van der Waals surface area contributed by atoms with Gasteiger partial charge in [-0.25, -0.2) is 4.57 Å². The quantitative estimate of drug-likeness (QED) is 0.370. The Bertz CT molecular complexity index is 1250. The van der Waals surface area contributed by atoms with Gasteiger partial charge in [0.05, 0.1) is 6.54 Å². The molecular formula is C20H17BrN5O3S+. The Kier molecular flexibility index (Phi) is 4.87. The molecule has 2 aromatic carbocycles. The zero-order valence-corrected chi connectivity index (χ0v) is 18.0. The number of fused-ring (bicyclic) bond motifs is 2. The molecule has 1 aliphatic heterocycles. The Morgan fingerprint density at radius 3 is 2.77 bits per heavy atom. The summed E-state index contributed by atoms with van der Waals surface area (Å²) in [5, 5.41) is 10.1. The van der Waals surface area contributed by atoms with Crippen LogP contribution < -0.4 is 19.8 Å². The first kappa shape index (κ1) is 19.0. The molecule has 2 aromatic heterocycles. The average molecular weight is 487 g/mol. The van der Waals surface area contributed by atoms with Crippen molar-refractivity contribution < 1.29 is 19.1 Å². The summed E-state index contributed by atoms with van der Waals surface area (Å²) in [4.78, 5) is 13.3. The molecule has 4 N–H and O–H groups in total. The van der Waals surface area contributed by atoms with Crippen LogP contribution in [0.5, 0.6) is 17.2 Å². The number of benzene rings is 2. The second-order valence-corrected chi connectivity index (χ2v) is 8.60. The number of ether oxygens (including phenoxy) is 2. The first-order valence-corrected chi connectivity index (χ1v) is 10.8. The van der Waals surface area contributed by atoms with Gasteiger partial charge in [-0.1, -0.05) is 22.1 Å². The molecule has 0 unspecified atom stereocenters. The number of anilines is 1. The third kappa shape index (κ3) is 3.63. The molecule has 3 heterocycles. The molecule has 8 nitrogen and oxygen atoms in total. The summed E-state index contributed by atoms with van der Waals surface area (Å²) >= 11 is 5.04. The van der Waals surface area contributed by atoms with Crippen molar-refractivity contribution in [2.75, 3.05) is 12.5 Å². The minimum atomic E-state index is 0.226. The van der Waals surface area contributed by atoms with E-state index in [1.165, 1.54) is 11.8 Å². The van der Waals surface area contributed by atoms with Crippen molar-refractivity contribution >= 4 is 44.7 Å². The normalized spacial score (nSPS) is 12.6. The van der Waals surface area contributed by atoms with Crippen molar-refractivity contribution in [1.82, 2.24) is 15.0 Å². The van der Waals surface area contributed by atoms with Crippen LogP contribution >= 0.6 is 27.7 Å². The lowest BCUT2D eigenvalue weighted by Crippen LogP contribution is -2.36. The Labute approximate surface area is 184 Å². The molecular weight excluding hydrogens is 470 g/mol. The highest BCUT2D eigenvalue weighted by atomic mass is 79.9. The van der Waals surface area contributed by atoms with E-state index in [0.29, 0.717) is 28.8 Å². The second-order valence-electron chi connectivity index (χ2n) is 6.72. The number of imidazole rings is 1. The summed E-state index contributed by atoms with van der Waals surface area (Å²) < 4.78 is 13.7. The fourth-order valence-corrected chi connectivity index (χ4v) is 4.57. The van der Waals surface area contributed by atoms with Gasteiger partial charge >= 0.3 is 0 Å². The van der Waals surface area contributed by atoms with Crippen LogP contribution in [-0.4, -0.2) is 26.9 Å². The van der Waals surface area contributed by atoms with Gasteiger partial charge in [0.15, 0.2) is 17.0 Å². The van der Waals surface area contributed by atoms with E-state index in [1.54, 1.807) is 18.5 Å². The van der Waals surface area contributed by atoms with Crippen LogP contribution in [0.1, 0.15) is 5.56 Å². The monoisotopic (exact) mass is 486 g/mol. The smallest absolute Gasteiger partial charge is 0.294 e. The van der Waals surface area contributed by atoms with Crippen molar-refractivity contribution in [3.8, 4) is 17.2 Å². The lowest BCUT2D eigenvalue weighted by molar-refractivity contribution is -0.675. The number of aromatic nitrogens is 4. The Morgan fingerprint density at radius 2 is 1.97 bits per heavy atom. The summed E-state index contributed by atoms with van der Waals surface area (Å²) in [5.74, 6) is 2.08. The van der Waals surface area contributed by atoms with Crippen LogP contribution in [0.2, 0.25) is 0 Å². The zero-order chi connectivity index (χ0) is 20.7. The van der Waals surface area contributed by atoms with E-state index in [9.17, 15) is 5.11 Å². The summed E-state index contributed by atoms with van der Waals surface area (Å²) in [6, 6.07) is 11.0. The Morgan fingerprint density at radius 1 is 1.20 bits per heavy atom. The van der Waals surface area contributed by atoms with E-state index < -0.39 is 0 Å². The predicted octanol–water partition coefficient (Wildman–Crippen LogP) is 3.42. The molecule has 0 fully saturated rings. The third-order valence-corrected chi connectivity index (χ3v) is 6.60. The lowest BCUT2D eigenvalue weighted by Gasteiger charge is -2.03. The van der Waals surface area contributed by atoms with Crippen molar-refractivity contribution in [1.29, 1.82) is 0 Å². The van der Waals surface area contributed by atoms with Crippen molar-refractivity contribution in [3.63, 3.8) is 0 Å². The van der Waals surface area contributed by atoms with Gasteiger partial charge in [0.2, 0.25) is 24.1 Å². The number of hydrogen-bond acceptors (Lipinski definition) is 7. The van der Waals surface area contributed by atoms with Crippen LogP contribution in [0, 0.1) is 0 Å². The molecule has 10 heteroatoms. The molecule has 0 spiro atoms. The van der Waals surface area contributed by atoms with E-state index >= 15 is 0 Å². The number of nitrogen functional groups attached to an aromatic ring is 1. The third-order valence-electron chi connectivity index (χ3n) is 4.74. The minimum Gasteiger partial charge on any atom is -0.508 e. The second kappa shape index (κ2) is 7.69. The number of nitrogens with zero attached hydrogens (tertiary/aromatic N) is 3. The Hall–Kier alpha value is -2.98. The molecule has 4 aromatic rings. The van der Waals surface area contributed by atoms with Gasteiger partial charge in [-0.2, -0.15) is 0 Å². The van der Waals surface area contributed by atoms with Crippen molar-refractivity contribution in [2.24, 2.45) is 0 Å². The number of aryl methyl sites for hydroxylation is 2. The molecule has 0 radical (unpaired) electrons. The maximum absolute atomic E-state index is 9.45.